The third-order valence-electron chi connectivity index (χ3n) is 4.57. The summed E-state index contributed by atoms with van der Waals surface area (Å²) in [7, 11) is 1.29. The van der Waals surface area contributed by atoms with Crippen LogP contribution in [0.25, 0.3) is 0 Å². The summed E-state index contributed by atoms with van der Waals surface area (Å²) >= 11 is 6.01. The lowest BCUT2D eigenvalue weighted by Gasteiger charge is -2.28. The Balaban J connectivity index is 1.81. The first-order valence-electron chi connectivity index (χ1n) is 8.99. The van der Waals surface area contributed by atoms with Gasteiger partial charge in [0, 0.05) is 11.3 Å². The van der Waals surface area contributed by atoms with Crippen molar-refractivity contribution in [3.63, 3.8) is 0 Å². The maximum Gasteiger partial charge on any atom is 0.337 e. The molecule has 2 N–H and O–H groups in total. The van der Waals surface area contributed by atoms with Crippen LogP contribution in [0, 0.1) is 5.82 Å². The van der Waals surface area contributed by atoms with E-state index in [9.17, 15) is 14.0 Å². The molecule has 29 heavy (non-hydrogen) atoms. The van der Waals surface area contributed by atoms with Gasteiger partial charge in [0.2, 0.25) is 0 Å². The third-order valence-corrected chi connectivity index (χ3v) is 4.92. The molecule has 0 saturated carbocycles. The van der Waals surface area contributed by atoms with Crippen LogP contribution in [0.2, 0.25) is 5.02 Å². The number of halogens is 2. The van der Waals surface area contributed by atoms with Gasteiger partial charge in [-0.2, -0.15) is 0 Å². The standard InChI is InChI=1S/C21H20ClFN2O4/c1-3-17-18(20(26)28-2)19(25-21(27)24-17)12-7-9-13(10-8-12)29-11-14-15(22)5-4-6-16(14)23/h4-10,19H,3,11H2,1-2H3,(H2,24,25,27). The van der Waals surface area contributed by atoms with E-state index in [2.05, 4.69) is 10.6 Å². The second-order valence-corrected chi connectivity index (χ2v) is 6.73. The molecule has 0 aromatic heterocycles. The summed E-state index contributed by atoms with van der Waals surface area (Å²) in [5.74, 6) is -0.465. The first kappa shape index (κ1) is 20.7. The molecule has 0 fully saturated rings. The molecule has 6 nitrogen and oxygen atoms in total. The molecule has 3 rings (SSSR count). The number of esters is 1. The van der Waals surface area contributed by atoms with Gasteiger partial charge in [-0.15, -0.1) is 0 Å². The maximum atomic E-state index is 13.9. The lowest BCUT2D eigenvalue weighted by atomic mass is 9.94. The molecular formula is C21H20ClFN2O4. The van der Waals surface area contributed by atoms with Gasteiger partial charge in [0.25, 0.3) is 0 Å². The number of carbonyl (C=O) groups is 2. The predicted molar refractivity (Wildman–Crippen MR) is 106 cm³/mol. The van der Waals surface area contributed by atoms with Crippen molar-refractivity contribution in [1.82, 2.24) is 10.6 Å². The van der Waals surface area contributed by atoms with Crippen LogP contribution in [0.3, 0.4) is 0 Å². The summed E-state index contributed by atoms with van der Waals surface area (Å²) in [5, 5.41) is 5.68. The van der Waals surface area contributed by atoms with Gasteiger partial charge in [-0.3, -0.25) is 0 Å². The summed E-state index contributed by atoms with van der Waals surface area (Å²) in [5.41, 5.74) is 1.82. The Morgan fingerprint density at radius 1 is 1.21 bits per heavy atom. The summed E-state index contributed by atoms with van der Waals surface area (Å²) < 4.78 is 24.4. The lowest BCUT2D eigenvalue weighted by Crippen LogP contribution is -2.45. The number of methoxy groups -OCH3 is 1. The van der Waals surface area contributed by atoms with Gasteiger partial charge in [0.15, 0.2) is 0 Å². The first-order valence-corrected chi connectivity index (χ1v) is 9.36. The molecule has 0 saturated heterocycles. The number of carbonyl (C=O) groups excluding carboxylic acids is 2. The zero-order chi connectivity index (χ0) is 21.0. The highest BCUT2D eigenvalue weighted by Crippen LogP contribution is 2.30. The van der Waals surface area contributed by atoms with Crippen LogP contribution < -0.4 is 15.4 Å². The molecule has 1 atom stereocenters. The van der Waals surface area contributed by atoms with Crippen molar-refractivity contribution in [2.45, 2.75) is 26.0 Å². The number of benzene rings is 2. The number of ether oxygens (including phenoxy) is 2. The number of amides is 2. The van der Waals surface area contributed by atoms with Crippen LogP contribution >= 0.6 is 11.6 Å². The van der Waals surface area contributed by atoms with E-state index in [4.69, 9.17) is 21.1 Å². The summed E-state index contributed by atoms with van der Waals surface area (Å²) in [6.45, 7) is 1.81. The summed E-state index contributed by atoms with van der Waals surface area (Å²) in [4.78, 5) is 24.3. The highest BCUT2D eigenvalue weighted by atomic mass is 35.5. The fourth-order valence-corrected chi connectivity index (χ4v) is 3.30. The molecule has 0 aliphatic carbocycles. The molecule has 0 radical (unpaired) electrons. The van der Waals surface area contributed by atoms with Crippen LogP contribution in [0.4, 0.5) is 9.18 Å². The van der Waals surface area contributed by atoms with Gasteiger partial charge in [0.1, 0.15) is 18.2 Å². The second-order valence-electron chi connectivity index (χ2n) is 6.33. The molecular weight excluding hydrogens is 399 g/mol. The molecule has 1 heterocycles. The van der Waals surface area contributed by atoms with Gasteiger partial charge < -0.3 is 20.1 Å². The highest BCUT2D eigenvalue weighted by molar-refractivity contribution is 6.31. The number of rotatable bonds is 6. The van der Waals surface area contributed by atoms with Crippen LogP contribution in [-0.4, -0.2) is 19.1 Å². The van der Waals surface area contributed by atoms with Crippen LogP contribution in [0.15, 0.2) is 53.7 Å². The lowest BCUT2D eigenvalue weighted by molar-refractivity contribution is -0.136. The Kier molecular flexibility index (Phi) is 6.39. The Morgan fingerprint density at radius 2 is 1.93 bits per heavy atom. The molecule has 2 aromatic carbocycles. The van der Waals surface area contributed by atoms with Gasteiger partial charge in [-0.05, 0) is 36.2 Å². The molecule has 2 aromatic rings. The Morgan fingerprint density at radius 3 is 2.55 bits per heavy atom. The number of nitrogens with one attached hydrogen (secondary N) is 2. The average Bonchev–Trinajstić information content (AvgIpc) is 2.72. The molecule has 1 aliphatic heterocycles. The van der Waals surface area contributed by atoms with E-state index in [1.54, 1.807) is 30.3 Å². The minimum absolute atomic E-state index is 0.0256. The highest BCUT2D eigenvalue weighted by Gasteiger charge is 2.32. The monoisotopic (exact) mass is 418 g/mol. The van der Waals surface area contributed by atoms with E-state index in [1.807, 2.05) is 6.92 Å². The zero-order valence-electron chi connectivity index (χ0n) is 15.9. The van der Waals surface area contributed by atoms with E-state index in [1.165, 1.54) is 19.2 Å². The normalized spacial score (nSPS) is 16.1. The fourth-order valence-electron chi connectivity index (χ4n) is 3.08. The minimum atomic E-state index is -0.652. The van der Waals surface area contributed by atoms with E-state index in [0.29, 0.717) is 34.0 Å². The van der Waals surface area contributed by atoms with Crippen LogP contribution in [0.1, 0.15) is 30.5 Å². The SMILES string of the molecule is CCC1=C(C(=O)OC)C(c2ccc(OCc3c(F)cccc3Cl)cc2)NC(=O)N1. The molecule has 0 bridgehead atoms. The summed E-state index contributed by atoms with van der Waals surface area (Å²) in [6.07, 6.45) is 0.471. The van der Waals surface area contributed by atoms with E-state index >= 15 is 0 Å². The van der Waals surface area contributed by atoms with Crippen molar-refractivity contribution in [2.24, 2.45) is 0 Å². The van der Waals surface area contributed by atoms with Crippen LogP contribution in [0.5, 0.6) is 5.75 Å². The molecule has 1 aliphatic rings. The molecule has 0 spiro atoms. The predicted octanol–water partition coefficient (Wildman–Crippen LogP) is 4.25. The fraction of sp³-hybridized carbons (Fsp3) is 0.238. The molecule has 8 heteroatoms. The van der Waals surface area contributed by atoms with Crippen molar-refractivity contribution in [3.05, 3.63) is 75.7 Å². The third kappa shape index (κ3) is 4.51. The second kappa shape index (κ2) is 8.96. The van der Waals surface area contributed by atoms with Crippen molar-refractivity contribution in [3.8, 4) is 5.75 Å². The van der Waals surface area contributed by atoms with Crippen LogP contribution in [-0.2, 0) is 16.1 Å². The smallest absolute Gasteiger partial charge is 0.337 e. The Hall–Kier alpha value is -3.06. The number of hydrogen-bond acceptors (Lipinski definition) is 4. The quantitative estimate of drug-likeness (QED) is 0.687. The van der Waals surface area contributed by atoms with Crippen molar-refractivity contribution in [2.75, 3.05) is 7.11 Å². The van der Waals surface area contributed by atoms with Crippen molar-refractivity contribution in [1.29, 1.82) is 0 Å². The molecule has 152 valence electrons. The van der Waals surface area contributed by atoms with E-state index in [-0.39, 0.29) is 12.2 Å². The number of urea groups is 1. The van der Waals surface area contributed by atoms with Gasteiger partial charge >= 0.3 is 12.0 Å². The van der Waals surface area contributed by atoms with Crippen molar-refractivity contribution >= 4 is 23.6 Å². The summed E-state index contributed by atoms with van der Waals surface area (Å²) in [6, 6.07) is 10.2. The number of allylic oxidation sites excluding steroid dienone is 1. The topological polar surface area (TPSA) is 76.7 Å². The van der Waals surface area contributed by atoms with Gasteiger partial charge in [-0.1, -0.05) is 36.7 Å². The first-order chi connectivity index (χ1) is 13.9. The Bertz CT molecular complexity index is 939. The average molecular weight is 419 g/mol. The largest absolute Gasteiger partial charge is 0.489 e. The maximum absolute atomic E-state index is 13.9. The minimum Gasteiger partial charge on any atom is -0.489 e. The van der Waals surface area contributed by atoms with Gasteiger partial charge in [-0.25, -0.2) is 14.0 Å². The van der Waals surface area contributed by atoms with Crippen molar-refractivity contribution < 1.29 is 23.5 Å². The zero-order valence-corrected chi connectivity index (χ0v) is 16.7. The number of hydrogen-bond donors (Lipinski definition) is 2. The van der Waals surface area contributed by atoms with E-state index < -0.39 is 23.9 Å². The molecule has 2 amide bonds. The van der Waals surface area contributed by atoms with Gasteiger partial charge in [0.05, 0.1) is 23.7 Å². The Labute approximate surface area is 172 Å². The van der Waals surface area contributed by atoms with E-state index in [0.717, 1.165) is 0 Å². The molecule has 1 unspecified atom stereocenters.